The molecule has 0 spiro atoms. The lowest BCUT2D eigenvalue weighted by molar-refractivity contribution is -0.0821. The second kappa shape index (κ2) is 4.24. The van der Waals surface area contributed by atoms with Crippen LogP contribution >= 0.6 is 11.6 Å². The topological polar surface area (TPSA) is 26.0 Å². The predicted octanol–water partition coefficient (Wildman–Crippen LogP) is 4.53. The average Bonchev–Trinajstić information content (AvgIpc) is 2.37. The highest BCUT2D eigenvalue weighted by Crippen LogP contribution is 2.66. The predicted molar refractivity (Wildman–Crippen MR) is 83.9 cm³/mol. The number of nitrogens with two attached hydrogens (primary N) is 1. The highest BCUT2D eigenvalue weighted by molar-refractivity contribution is 6.30. The van der Waals surface area contributed by atoms with Crippen molar-refractivity contribution in [2.24, 2.45) is 23.0 Å². The molecule has 0 aliphatic heterocycles. The van der Waals surface area contributed by atoms with E-state index in [0.29, 0.717) is 16.9 Å². The van der Waals surface area contributed by atoms with Crippen LogP contribution in [-0.2, 0) is 5.41 Å². The smallest absolute Gasteiger partial charge is 0.0406 e. The maximum absolute atomic E-state index is 6.43. The summed E-state index contributed by atoms with van der Waals surface area (Å²) >= 11 is 6.08. The first-order valence-electron chi connectivity index (χ1n) is 8.03. The van der Waals surface area contributed by atoms with Gasteiger partial charge in [0.05, 0.1) is 0 Å². The molecule has 0 heterocycles. The Morgan fingerprint density at radius 3 is 2.25 bits per heavy atom. The fourth-order valence-electron chi connectivity index (χ4n) is 6.01. The van der Waals surface area contributed by atoms with Gasteiger partial charge in [-0.3, -0.25) is 0 Å². The number of hydrogen-bond donors (Lipinski definition) is 1. The van der Waals surface area contributed by atoms with Gasteiger partial charge in [-0.2, -0.15) is 0 Å². The SMILES string of the molecule is C[C@@H](N)C12C[C@@H]3C[C@@H](CC(c4ccc(Cl)cc4)(C3)C1)C2. The summed E-state index contributed by atoms with van der Waals surface area (Å²) in [5.41, 5.74) is 8.74. The van der Waals surface area contributed by atoms with Crippen LogP contribution in [0.5, 0.6) is 0 Å². The van der Waals surface area contributed by atoms with E-state index in [1.807, 2.05) is 0 Å². The monoisotopic (exact) mass is 289 g/mol. The first-order chi connectivity index (χ1) is 9.51. The Labute approximate surface area is 126 Å². The Morgan fingerprint density at radius 2 is 1.70 bits per heavy atom. The van der Waals surface area contributed by atoms with Gasteiger partial charge in [-0.25, -0.2) is 0 Å². The van der Waals surface area contributed by atoms with Gasteiger partial charge in [-0.05, 0) is 85.8 Å². The maximum atomic E-state index is 6.43. The maximum Gasteiger partial charge on any atom is 0.0406 e. The summed E-state index contributed by atoms with van der Waals surface area (Å²) in [6.07, 6.45) is 8.24. The standard InChI is InChI=1S/C18H24ClN/c1-12(20)17-7-13-6-14(8-17)10-18(9-13,11-17)15-2-4-16(19)5-3-15/h2-5,12-14H,6-11,20H2,1H3/t12-,13-,14+,17?,18?/m1/s1. The fourth-order valence-corrected chi connectivity index (χ4v) is 6.13. The average molecular weight is 290 g/mol. The molecule has 1 aromatic carbocycles. The molecule has 0 saturated heterocycles. The Morgan fingerprint density at radius 1 is 1.10 bits per heavy atom. The third-order valence-corrected chi connectivity index (χ3v) is 6.78. The lowest BCUT2D eigenvalue weighted by Crippen LogP contribution is -2.59. The minimum Gasteiger partial charge on any atom is -0.327 e. The second-order valence-electron chi connectivity index (χ2n) is 7.90. The van der Waals surface area contributed by atoms with Crippen LogP contribution in [0.4, 0.5) is 0 Å². The third kappa shape index (κ3) is 1.79. The van der Waals surface area contributed by atoms with E-state index in [0.717, 1.165) is 16.9 Å². The molecule has 4 fully saturated rings. The molecule has 4 aliphatic carbocycles. The molecule has 4 saturated carbocycles. The fraction of sp³-hybridized carbons (Fsp3) is 0.667. The summed E-state index contributed by atoms with van der Waals surface area (Å²) in [6.45, 7) is 2.24. The summed E-state index contributed by atoms with van der Waals surface area (Å²) in [7, 11) is 0. The van der Waals surface area contributed by atoms with Crippen molar-refractivity contribution in [2.45, 2.75) is 56.9 Å². The van der Waals surface area contributed by atoms with Crippen molar-refractivity contribution in [1.29, 1.82) is 0 Å². The van der Waals surface area contributed by atoms with Crippen molar-refractivity contribution in [3.05, 3.63) is 34.9 Å². The first-order valence-corrected chi connectivity index (χ1v) is 8.41. The van der Waals surface area contributed by atoms with Gasteiger partial charge in [0.1, 0.15) is 0 Å². The summed E-state index contributed by atoms with van der Waals surface area (Å²) in [4.78, 5) is 0. The van der Waals surface area contributed by atoms with Crippen LogP contribution in [0.3, 0.4) is 0 Å². The van der Waals surface area contributed by atoms with E-state index in [1.165, 1.54) is 44.1 Å². The zero-order valence-corrected chi connectivity index (χ0v) is 13.0. The normalized spacial score (nSPS) is 43.8. The van der Waals surface area contributed by atoms with E-state index < -0.39 is 0 Å². The molecule has 1 nitrogen and oxygen atoms in total. The molecule has 5 rings (SSSR count). The zero-order chi connectivity index (χ0) is 14.0. The van der Waals surface area contributed by atoms with Crippen molar-refractivity contribution < 1.29 is 0 Å². The number of halogens is 1. The van der Waals surface area contributed by atoms with E-state index in [2.05, 4.69) is 31.2 Å². The van der Waals surface area contributed by atoms with Crippen LogP contribution in [0.15, 0.2) is 24.3 Å². The van der Waals surface area contributed by atoms with Crippen molar-refractivity contribution in [3.8, 4) is 0 Å². The van der Waals surface area contributed by atoms with Gasteiger partial charge in [0.25, 0.3) is 0 Å². The van der Waals surface area contributed by atoms with Gasteiger partial charge in [-0.1, -0.05) is 23.7 Å². The summed E-state index contributed by atoms with van der Waals surface area (Å²) < 4.78 is 0. The zero-order valence-electron chi connectivity index (χ0n) is 12.2. The van der Waals surface area contributed by atoms with Gasteiger partial charge < -0.3 is 5.73 Å². The summed E-state index contributed by atoms with van der Waals surface area (Å²) in [5, 5.41) is 0.848. The van der Waals surface area contributed by atoms with Crippen LogP contribution in [0.25, 0.3) is 0 Å². The minimum atomic E-state index is 0.333. The van der Waals surface area contributed by atoms with Crippen LogP contribution < -0.4 is 5.73 Å². The van der Waals surface area contributed by atoms with E-state index in [1.54, 1.807) is 0 Å². The van der Waals surface area contributed by atoms with Crippen molar-refractivity contribution in [2.75, 3.05) is 0 Å². The molecule has 4 aliphatic rings. The molecule has 0 amide bonds. The van der Waals surface area contributed by atoms with Gasteiger partial charge in [0.15, 0.2) is 0 Å². The van der Waals surface area contributed by atoms with E-state index in [-0.39, 0.29) is 0 Å². The molecule has 20 heavy (non-hydrogen) atoms. The Bertz CT molecular complexity index is 505. The van der Waals surface area contributed by atoms with Gasteiger partial charge in [0.2, 0.25) is 0 Å². The highest BCUT2D eigenvalue weighted by atomic mass is 35.5. The molecule has 5 atom stereocenters. The molecule has 2 heteroatoms. The van der Waals surface area contributed by atoms with E-state index in [4.69, 9.17) is 17.3 Å². The van der Waals surface area contributed by atoms with Gasteiger partial charge in [-0.15, -0.1) is 0 Å². The molecule has 1 aromatic rings. The quantitative estimate of drug-likeness (QED) is 0.851. The lowest BCUT2D eigenvalue weighted by atomic mass is 9.41. The first kappa shape index (κ1) is 13.2. The Kier molecular flexibility index (Phi) is 2.79. The second-order valence-corrected chi connectivity index (χ2v) is 8.34. The molecule has 0 radical (unpaired) electrons. The van der Waals surface area contributed by atoms with Crippen molar-refractivity contribution in [3.63, 3.8) is 0 Å². The van der Waals surface area contributed by atoms with E-state index >= 15 is 0 Å². The van der Waals surface area contributed by atoms with Crippen LogP contribution in [0, 0.1) is 17.3 Å². The van der Waals surface area contributed by atoms with Gasteiger partial charge in [0, 0.05) is 11.1 Å². The largest absolute Gasteiger partial charge is 0.327 e. The van der Waals surface area contributed by atoms with Crippen molar-refractivity contribution >= 4 is 11.6 Å². The molecule has 2 N–H and O–H groups in total. The third-order valence-electron chi connectivity index (χ3n) is 6.53. The Hall–Kier alpha value is -0.530. The minimum absolute atomic E-state index is 0.333. The van der Waals surface area contributed by atoms with E-state index in [9.17, 15) is 0 Å². The molecular weight excluding hydrogens is 266 g/mol. The molecule has 0 aromatic heterocycles. The number of hydrogen-bond acceptors (Lipinski definition) is 1. The molecule has 2 unspecified atom stereocenters. The molecular formula is C18H24ClN. The summed E-state index contributed by atoms with van der Waals surface area (Å²) in [6, 6.07) is 9.00. The van der Waals surface area contributed by atoms with Crippen LogP contribution in [-0.4, -0.2) is 6.04 Å². The van der Waals surface area contributed by atoms with Gasteiger partial charge >= 0.3 is 0 Å². The molecule has 108 valence electrons. The molecule has 4 bridgehead atoms. The summed E-state index contributed by atoms with van der Waals surface area (Å²) in [5.74, 6) is 1.80. The highest BCUT2D eigenvalue weighted by Gasteiger charge is 2.59. The van der Waals surface area contributed by atoms with Crippen LogP contribution in [0.2, 0.25) is 5.02 Å². The number of rotatable bonds is 2. The van der Waals surface area contributed by atoms with Crippen LogP contribution in [0.1, 0.15) is 51.0 Å². The van der Waals surface area contributed by atoms with Crippen molar-refractivity contribution in [1.82, 2.24) is 0 Å². The number of benzene rings is 1. The lowest BCUT2D eigenvalue weighted by Gasteiger charge is -2.63. The Balaban J connectivity index is 1.77.